The third kappa shape index (κ3) is 17.5. The highest BCUT2D eigenvalue weighted by molar-refractivity contribution is 4.49. The molecule has 21 heavy (non-hydrogen) atoms. The van der Waals surface area contributed by atoms with Crippen molar-refractivity contribution in [2.45, 2.75) is 12.2 Å². The highest BCUT2D eigenvalue weighted by Crippen LogP contribution is 1.96. The van der Waals surface area contributed by atoms with Gasteiger partial charge in [-0.05, 0) is 0 Å². The molecule has 0 bridgehead atoms. The van der Waals surface area contributed by atoms with Crippen LogP contribution in [-0.4, -0.2) is 69.2 Å². The Balaban J connectivity index is 0. The summed E-state index contributed by atoms with van der Waals surface area (Å²) >= 11 is 0. The van der Waals surface area contributed by atoms with Gasteiger partial charge >= 0.3 is 0 Å². The Bertz CT molecular complexity index is 302. The van der Waals surface area contributed by atoms with Crippen molar-refractivity contribution in [1.29, 1.82) is 0 Å². The lowest BCUT2D eigenvalue weighted by Gasteiger charge is -2.11. The van der Waals surface area contributed by atoms with Gasteiger partial charge in [-0.3, -0.25) is 0 Å². The van der Waals surface area contributed by atoms with Crippen LogP contribution in [0.2, 0.25) is 0 Å². The minimum atomic E-state index is -1.55. The third-order valence-electron chi connectivity index (χ3n) is 1.39. The molecule has 3 N–H and O–H groups in total. The van der Waals surface area contributed by atoms with Crippen LogP contribution in [0.25, 0.3) is 0 Å². The first kappa shape index (κ1) is 20.8. The molecule has 15 heteroatoms. The quantitative estimate of drug-likeness (QED) is 0.277. The average molecular weight is 319 g/mol. The minimum absolute atomic E-state index is 0.365. The molecule has 0 unspecified atom stereocenters. The van der Waals surface area contributed by atoms with Crippen LogP contribution in [0.5, 0.6) is 0 Å². The number of aliphatic hydroxyl groups excluding tert-OH is 3. The van der Waals surface area contributed by atoms with Gasteiger partial charge in [-0.15, -0.1) is 30.3 Å². The number of aliphatic hydroxyl groups is 3. The first-order valence-corrected chi connectivity index (χ1v) is 4.98. The van der Waals surface area contributed by atoms with E-state index in [2.05, 4.69) is 14.5 Å². The lowest BCUT2D eigenvalue weighted by Crippen LogP contribution is -2.30. The molecular weight excluding hydrogens is 306 g/mol. The van der Waals surface area contributed by atoms with Crippen molar-refractivity contribution < 1.29 is 45.1 Å². The fourth-order valence-electron chi connectivity index (χ4n) is 0.576. The largest absolute Gasteiger partial charge is 0.394 e. The van der Waals surface area contributed by atoms with E-state index >= 15 is 0 Å². The summed E-state index contributed by atoms with van der Waals surface area (Å²) in [5.41, 5.74) is 0. The van der Waals surface area contributed by atoms with E-state index in [4.69, 9.17) is 15.3 Å². The molecule has 0 atom stereocenters. The van der Waals surface area contributed by atoms with E-state index in [1.807, 2.05) is 0 Å². The maximum Gasteiger partial charge on any atom is 0.294 e. The maximum atomic E-state index is 9.83. The van der Waals surface area contributed by atoms with Gasteiger partial charge < -0.3 is 29.8 Å². The summed E-state index contributed by atoms with van der Waals surface area (Å²) in [7, 11) is 0. The lowest BCUT2D eigenvalue weighted by molar-refractivity contribution is -0.803. The molecule has 0 spiro atoms. The highest BCUT2D eigenvalue weighted by Gasteiger charge is 2.17. The molecule has 0 aliphatic rings. The maximum absolute atomic E-state index is 9.83. The zero-order valence-corrected chi connectivity index (χ0v) is 10.3. The van der Waals surface area contributed by atoms with Gasteiger partial charge in [0.25, 0.3) is 15.3 Å². The van der Waals surface area contributed by atoms with Crippen molar-refractivity contribution >= 4 is 0 Å². The number of hydrogen-bond acceptors (Lipinski definition) is 12. The smallest absolute Gasteiger partial charge is 0.294 e. The van der Waals surface area contributed by atoms with Crippen LogP contribution in [0, 0.1) is 30.3 Å². The van der Waals surface area contributed by atoms with Gasteiger partial charge in [0, 0.05) is 0 Å². The molecule has 0 radical (unpaired) electrons. The van der Waals surface area contributed by atoms with E-state index < -0.39 is 40.7 Å². The van der Waals surface area contributed by atoms with Gasteiger partial charge in [0.15, 0.2) is 6.10 Å². The Morgan fingerprint density at radius 2 is 1.24 bits per heavy atom. The summed E-state index contributed by atoms with van der Waals surface area (Å²) in [4.78, 5) is 40.5. The topological polar surface area (TPSA) is 218 Å². The average Bonchev–Trinajstić information content (AvgIpc) is 2.40. The summed E-state index contributed by atoms with van der Waals surface area (Å²) in [5.74, 6) is 0. The molecule has 0 aromatic rings. The molecule has 0 aromatic carbocycles. The molecule has 0 aromatic heterocycles. The van der Waals surface area contributed by atoms with E-state index in [1.54, 1.807) is 0 Å². The Morgan fingerprint density at radius 3 is 1.43 bits per heavy atom. The first-order valence-electron chi connectivity index (χ1n) is 4.98. The SMILES string of the molecule is O=[N+]([O-])OCC(CO[N+](=O)[O-])O[N+](=O)[O-].OCC(O)CO. The summed E-state index contributed by atoms with van der Waals surface area (Å²) in [6.07, 6.45) is -2.50. The molecular formula is C6H13N3O12. The molecule has 0 heterocycles. The summed E-state index contributed by atoms with van der Waals surface area (Å²) in [6, 6.07) is 0. The van der Waals surface area contributed by atoms with Gasteiger partial charge in [-0.1, -0.05) is 0 Å². The monoisotopic (exact) mass is 319 g/mol. The predicted molar refractivity (Wildman–Crippen MR) is 57.9 cm³/mol. The van der Waals surface area contributed by atoms with E-state index in [1.165, 1.54) is 0 Å². The van der Waals surface area contributed by atoms with E-state index in [0.29, 0.717) is 0 Å². The molecule has 15 nitrogen and oxygen atoms in total. The summed E-state index contributed by atoms with van der Waals surface area (Å²) in [6.45, 7) is -2.42. The summed E-state index contributed by atoms with van der Waals surface area (Å²) in [5, 5.41) is 49.6. The molecule has 0 saturated carbocycles. The molecule has 0 rings (SSSR count). The zero-order chi connectivity index (χ0) is 16.8. The second-order valence-corrected chi connectivity index (χ2v) is 3.01. The van der Waals surface area contributed by atoms with Crippen LogP contribution in [0.3, 0.4) is 0 Å². The van der Waals surface area contributed by atoms with Crippen molar-refractivity contribution in [2.24, 2.45) is 0 Å². The number of hydrogen-bond donors (Lipinski definition) is 3. The summed E-state index contributed by atoms with van der Waals surface area (Å²) < 4.78 is 0. The van der Waals surface area contributed by atoms with Gasteiger partial charge in [-0.2, -0.15) is 0 Å². The van der Waals surface area contributed by atoms with Crippen molar-refractivity contribution in [3.63, 3.8) is 0 Å². The molecule has 0 aliphatic heterocycles. The van der Waals surface area contributed by atoms with Crippen LogP contribution >= 0.6 is 0 Å². The van der Waals surface area contributed by atoms with Crippen molar-refractivity contribution in [3.8, 4) is 0 Å². The molecule has 0 aliphatic carbocycles. The molecule has 0 saturated heterocycles. The van der Waals surface area contributed by atoms with Crippen LogP contribution in [-0.2, 0) is 14.5 Å². The number of nitrogens with zero attached hydrogens (tertiary/aromatic N) is 3. The van der Waals surface area contributed by atoms with E-state index in [9.17, 15) is 30.3 Å². The molecule has 0 fully saturated rings. The number of rotatable bonds is 10. The van der Waals surface area contributed by atoms with Crippen molar-refractivity contribution in [3.05, 3.63) is 30.3 Å². The van der Waals surface area contributed by atoms with Crippen LogP contribution in [0.4, 0.5) is 0 Å². The van der Waals surface area contributed by atoms with Crippen LogP contribution in [0.15, 0.2) is 0 Å². The van der Waals surface area contributed by atoms with E-state index in [-0.39, 0.29) is 13.2 Å². The second kappa shape index (κ2) is 12.5. The molecule has 124 valence electrons. The van der Waals surface area contributed by atoms with Gasteiger partial charge in [0.2, 0.25) is 0 Å². The van der Waals surface area contributed by atoms with Gasteiger partial charge in [0.05, 0.1) is 13.2 Å². The standard InChI is InChI=1S/C3H5N3O9.C3H8O3/c7-4(8)13-1-3(15-6(11)12)2-14-5(9)10;4-1-3(6)2-5/h3H,1-2H2;3-6H,1-2H2. The van der Waals surface area contributed by atoms with E-state index in [0.717, 1.165) is 0 Å². The minimum Gasteiger partial charge on any atom is -0.394 e. The van der Waals surface area contributed by atoms with Crippen LogP contribution < -0.4 is 0 Å². The fourth-order valence-corrected chi connectivity index (χ4v) is 0.576. The predicted octanol–water partition coefficient (Wildman–Crippen LogP) is -2.69. The Labute approximate surface area is 115 Å². The first-order chi connectivity index (χ1) is 9.72. The molecule has 0 amide bonds. The van der Waals surface area contributed by atoms with Crippen molar-refractivity contribution in [2.75, 3.05) is 26.4 Å². The Hall–Kier alpha value is -2.52. The highest BCUT2D eigenvalue weighted by atomic mass is 17.0. The normalized spacial score (nSPS) is 9.57. The van der Waals surface area contributed by atoms with Gasteiger partial charge in [0.1, 0.15) is 19.3 Å². The second-order valence-electron chi connectivity index (χ2n) is 3.01. The van der Waals surface area contributed by atoms with Crippen LogP contribution in [0.1, 0.15) is 0 Å². The Morgan fingerprint density at radius 1 is 0.857 bits per heavy atom. The third-order valence-corrected chi connectivity index (χ3v) is 1.39. The zero-order valence-electron chi connectivity index (χ0n) is 10.3. The Kier molecular flexibility index (Phi) is 12.4. The van der Waals surface area contributed by atoms with Crippen molar-refractivity contribution in [1.82, 2.24) is 0 Å². The lowest BCUT2D eigenvalue weighted by atomic mass is 10.4. The van der Waals surface area contributed by atoms with Gasteiger partial charge in [-0.25, -0.2) is 0 Å². The fraction of sp³-hybridized carbons (Fsp3) is 1.00.